The number of alkyl halides is 39. The Morgan fingerprint density at radius 3 is 0.713 bits per heavy atom. The summed E-state index contributed by atoms with van der Waals surface area (Å²) in [7, 11) is 0. The number of unbranched alkanes of at least 4 members (excludes halogenated alkanes) is 9. The van der Waals surface area contributed by atoms with Crippen molar-refractivity contribution in [1.29, 1.82) is 0 Å². The van der Waals surface area contributed by atoms with Crippen molar-refractivity contribution >= 4 is 16.7 Å². The average molecular weight is 1360 g/mol. The zero-order valence-electron chi connectivity index (χ0n) is 43.8. The molecule has 0 aromatic heterocycles. The van der Waals surface area contributed by atoms with E-state index in [4.69, 9.17) is 0 Å². The smallest absolute Gasteiger partial charge is 0.195 e. The lowest BCUT2D eigenvalue weighted by atomic mass is 9.83. The molecule has 1 aromatic rings. The summed E-state index contributed by atoms with van der Waals surface area (Å²) < 4.78 is 560. The van der Waals surface area contributed by atoms with Gasteiger partial charge in [-0.1, -0.05) is 90.7 Å². The zero-order chi connectivity index (χ0) is 69.3. The molecule has 39 heteroatoms. The maximum atomic E-state index is 16.0. The second kappa shape index (κ2) is 26.1. The monoisotopic (exact) mass is 1360 g/mol. The molecule has 1 rings (SSSR count). The SMILES string of the molecule is CCCCCC/C(=C\C(F)(F)C(F)(F)C(F)(F)C(F)(F)C(F)(F)C(F)(F)F)c1ccc(/C(=C/C(F)(F)C(F)(F)C(F)(F)C(F)(F)C(F)(F)C(F)(F)F)CCCCCC)c(/C(=C/C(F)(F)C(F)(F)C(F)(F)C(F)(F)C(F)(F)C(F)(F)F)CCCCCC)c1. The summed E-state index contributed by atoms with van der Waals surface area (Å²) in [6.45, 7) is 3.82. The average Bonchev–Trinajstić information content (AvgIpc) is 0.734. The van der Waals surface area contributed by atoms with E-state index in [-0.39, 0.29) is 50.7 Å². The molecule has 0 amide bonds. The summed E-state index contributed by atoms with van der Waals surface area (Å²) in [5.74, 6) is -125. The number of rotatable bonds is 33. The lowest BCUT2D eigenvalue weighted by Crippen LogP contribution is -2.69. The fraction of sp³-hybridized carbons (Fsp3) is 0.750. The first-order chi connectivity index (χ1) is 38.3. The van der Waals surface area contributed by atoms with E-state index < -0.39 is 223 Å². The van der Waals surface area contributed by atoms with E-state index in [2.05, 4.69) is 0 Å². The van der Waals surface area contributed by atoms with Gasteiger partial charge in [-0.05, 0) is 96.2 Å². The zero-order valence-corrected chi connectivity index (χ0v) is 43.8. The second-order valence-electron chi connectivity index (χ2n) is 19.5. The normalized spacial score (nSPS) is 16.1. The van der Waals surface area contributed by atoms with Crippen molar-refractivity contribution < 1.29 is 171 Å². The highest BCUT2D eigenvalue weighted by atomic mass is 19.5. The molecular weight excluding hydrogens is 1320 g/mol. The van der Waals surface area contributed by atoms with Crippen LogP contribution in [0.15, 0.2) is 36.4 Å². The summed E-state index contributed by atoms with van der Waals surface area (Å²) in [5, 5.41) is 0. The molecule has 510 valence electrons. The first kappa shape index (κ1) is 80.7. The van der Waals surface area contributed by atoms with E-state index in [0.29, 0.717) is 0 Å². The second-order valence-corrected chi connectivity index (χ2v) is 19.5. The fourth-order valence-corrected chi connectivity index (χ4v) is 7.66. The number of allylic oxidation sites excluding steroid dienone is 6. The van der Waals surface area contributed by atoms with Gasteiger partial charge in [-0.15, -0.1) is 0 Å². The Bertz CT molecular complexity index is 2510. The molecule has 0 bridgehead atoms. The van der Waals surface area contributed by atoms with Crippen LogP contribution in [-0.2, 0) is 0 Å². The molecule has 0 atom stereocenters. The highest BCUT2D eigenvalue weighted by Gasteiger charge is 2.93. The molecule has 0 fully saturated rings. The lowest BCUT2D eigenvalue weighted by molar-refractivity contribution is -0.436. The third-order valence-electron chi connectivity index (χ3n) is 12.9. The number of hydrogen-bond donors (Lipinski definition) is 0. The quantitative estimate of drug-likeness (QED) is 0.0486. The Balaban J connectivity index is 5.30. The van der Waals surface area contributed by atoms with E-state index in [0.717, 1.165) is 0 Å². The van der Waals surface area contributed by atoms with Gasteiger partial charge in [0.05, 0.1) is 0 Å². The van der Waals surface area contributed by atoms with Crippen LogP contribution in [0.4, 0.5) is 171 Å². The molecule has 0 unspecified atom stereocenters. The molecule has 0 spiro atoms. The Labute approximate surface area is 465 Å². The molecule has 1 aromatic carbocycles. The van der Waals surface area contributed by atoms with Gasteiger partial charge in [0.15, 0.2) is 0 Å². The molecule has 0 aliphatic rings. The van der Waals surface area contributed by atoms with Crippen molar-refractivity contribution in [3.8, 4) is 0 Å². The molecule has 0 saturated carbocycles. The highest BCUT2D eigenvalue weighted by molar-refractivity contribution is 5.83. The Kier molecular flexibility index (Phi) is 24.2. The molecule has 0 radical (unpaired) electrons. The summed E-state index contributed by atoms with van der Waals surface area (Å²) in [5.41, 5.74) is -12.6. The van der Waals surface area contributed by atoms with Gasteiger partial charge in [-0.3, -0.25) is 0 Å². The van der Waals surface area contributed by atoms with Crippen LogP contribution in [-0.4, -0.2) is 107 Å². The first-order valence-corrected chi connectivity index (χ1v) is 24.5. The van der Waals surface area contributed by atoms with Crippen molar-refractivity contribution in [2.75, 3.05) is 0 Å². The maximum absolute atomic E-state index is 16.0. The molecule has 0 aliphatic carbocycles. The fourth-order valence-electron chi connectivity index (χ4n) is 7.66. The van der Waals surface area contributed by atoms with Gasteiger partial charge in [-0.2, -0.15) is 171 Å². The molecule has 0 nitrogen and oxygen atoms in total. The van der Waals surface area contributed by atoms with Crippen LogP contribution in [0.5, 0.6) is 0 Å². The van der Waals surface area contributed by atoms with Gasteiger partial charge in [0.1, 0.15) is 0 Å². The Morgan fingerprint density at radius 1 is 0.253 bits per heavy atom. The van der Waals surface area contributed by atoms with Gasteiger partial charge in [-0.25, -0.2) is 0 Å². The molecule has 0 saturated heterocycles. The predicted octanol–water partition coefficient (Wildman–Crippen LogP) is 23.0. The van der Waals surface area contributed by atoms with E-state index >= 15 is 52.7 Å². The van der Waals surface area contributed by atoms with Crippen LogP contribution in [0.1, 0.15) is 134 Å². The largest absolute Gasteiger partial charge is 0.460 e. The number of halogens is 39. The minimum absolute atomic E-state index is 0.0100. The molecule has 0 heterocycles. The van der Waals surface area contributed by atoms with Crippen molar-refractivity contribution in [2.24, 2.45) is 0 Å². The topological polar surface area (TPSA) is 0 Å². The van der Waals surface area contributed by atoms with Crippen LogP contribution in [0.3, 0.4) is 0 Å². The van der Waals surface area contributed by atoms with E-state index in [1.165, 1.54) is 20.8 Å². The number of benzene rings is 1. The van der Waals surface area contributed by atoms with Gasteiger partial charge < -0.3 is 0 Å². The third-order valence-corrected chi connectivity index (χ3v) is 12.9. The van der Waals surface area contributed by atoms with E-state index in [1.54, 1.807) is 0 Å². The van der Waals surface area contributed by atoms with E-state index in [1.807, 2.05) is 0 Å². The van der Waals surface area contributed by atoms with Crippen molar-refractivity contribution in [1.82, 2.24) is 0 Å². The van der Waals surface area contributed by atoms with Crippen LogP contribution in [0, 0.1) is 0 Å². The summed E-state index contributed by atoms with van der Waals surface area (Å²) in [6.07, 6.45) is -40.3. The minimum atomic E-state index is -8.75. The van der Waals surface area contributed by atoms with Gasteiger partial charge >= 0.3 is 107 Å². The van der Waals surface area contributed by atoms with Crippen molar-refractivity contribution in [2.45, 2.75) is 224 Å². The van der Waals surface area contributed by atoms with Gasteiger partial charge in [0, 0.05) is 0 Å². The predicted molar refractivity (Wildman–Crippen MR) is 229 cm³/mol. The standard InChI is InChI=1S/C48H45F39/c1-4-7-10-13-16-26(22-31(49,50)34(55,56)37(61,62)40(67,68)43(73,74)46(79,80)81)25-19-20-29(27(17-14-11-8-5-2)23-32(51,52)35(57,58)38(63,64)41(69,70)44(75,76)47(82,83)84)30(21-25)28(18-15-12-9-6-3)24-33(53,54)36(59,60)39(65,66)42(71,72)45(77,78)48(85,86)87/h19-24H,4-18H2,1-3H3/b26-22+,27-23+,28-24+. The maximum Gasteiger partial charge on any atom is 0.460 e. The molecule has 0 aliphatic heterocycles. The Morgan fingerprint density at radius 2 is 0.471 bits per heavy atom. The van der Waals surface area contributed by atoms with E-state index in [9.17, 15) is 119 Å². The molecule has 87 heavy (non-hydrogen) atoms. The van der Waals surface area contributed by atoms with Crippen LogP contribution < -0.4 is 0 Å². The van der Waals surface area contributed by atoms with Gasteiger partial charge in [0.25, 0.3) is 0 Å². The third kappa shape index (κ3) is 14.6. The molecule has 0 N–H and O–H groups in total. The lowest BCUT2D eigenvalue weighted by Gasteiger charge is -2.39. The van der Waals surface area contributed by atoms with Crippen molar-refractivity contribution in [3.05, 3.63) is 53.1 Å². The summed E-state index contributed by atoms with van der Waals surface area (Å²) in [4.78, 5) is 0. The summed E-state index contributed by atoms with van der Waals surface area (Å²) in [6, 6.07) is -1.10. The Hall–Kier alpha value is -4.29. The van der Waals surface area contributed by atoms with Crippen LogP contribution in [0.25, 0.3) is 16.7 Å². The van der Waals surface area contributed by atoms with Crippen LogP contribution in [0.2, 0.25) is 0 Å². The van der Waals surface area contributed by atoms with Crippen LogP contribution >= 0.6 is 0 Å². The van der Waals surface area contributed by atoms with Crippen molar-refractivity contribution in [3.63, 3.8) is 0 Å². The number of hydrogen-bond acceptors (Lipinski definition) is 0. The highest BCUT2D eigenvalue weighted by Crippen LogP contribution is 2.64. The first-order valence-electron chi connectivity index (χ1n) is 24.5. The van der Waals surface area contributed by atoms with Gasteiger partial charge in [0.2, 0.25) is 0 Å². The minimum Gasteiger partial charge on any atom is -0.195 e. The molecular formula is C48H45F39. The summed E-state index contributed by atoms with van der Waals surface area (Å²) >= 11 is 0.